The average Bonchev–Trinajstić information content (AvgIpc) is 3.31. The van der Waals surface area contributed by atoms with Crippen molar-refractivity contribution in [1.29, 1.82) is 0 Å². The Labute approximate surface area is 128 Å². The zero-order valence-corrected chi connectivity index (χ0v) is 13.2. The number of hydrogen-bond acceptors (Lipinski definition) is 3. The van der Waals surface area contributed by atoms with Crippen molar-refractivity contribution in [3.05, 3.63) is 29.8 Å². The lowest BCUT2D eigenvalue weighted by molar-refractivity contribution is 0.164. The van der Waals surface area contributed by atoms with Crippen LogP contribution >= 0.6 is 0 Å². The van der Waals surface area contributed by atoms with Crippen LogP contribution < -0.4 is 10.1 Å². The highest BCUT2D eigenvalue weighted by atomic mass is 16.5. The van der Waals surface area contributed by atoms with Gasteiger partial charge in [-0.2, -0.15) is 0 Å². The Hall–Kier alpha value is -1.06. The molecule has 0 spiro atoms. The summed E-state index contributed by atoms with van der Waals surface area (Å²) in [6.45, 7) is 7.61. The van der Waals surface area contributed by atoms with E-state index in [2.05, 4.69) is 35.3 Å². The number of nitrogens with zero attached hydrogens (tertiary/aromatic N) is 1. The van der Waals surface area contributed by atoms with Crippen molar-refractivity contribution in [3.63, 3.8) is 0 Å². The molecule has 0 unspecified atom stereocenters. The molecule has 0 aromatic heterocycles. The van der Waals surface area contributed by atoms with Gasteiger partial charge in [0.25, 0.3) is 0 Å². The van der Waals surface area contributed by atoms with E-state index >= 15 is 0 Å². The van der Waals surface area contributed by atoms with Crippen LogP contribution in [0.15, 0.2) is 24.3 Å². The molecule has 0 atom stereocenters. The first-order chi connectivity index (χ1) is 10.3. The van der Waals surface area contributed by atoms with Gasteiger partial charge < -0.3 is 10.1 Å². The first-order valence-corrected chi connectivity index (χ1v) is 8.45. The average molecular weight is 288 g/mol. The molecular weight excluding hydrogens is 260 g/mol. The summed E-state index contributed by atoms with van der Waals surface area (Å²) in [7, 11) is 0. The van der Waals surface area contributed by atoms with E-state index in [1.165, 1.54) is 50.9 Å². The summed E-state index contributed by atoms with van der Waals surface area (Å²) in [5, 5.41) is 3.73. The summed E-state index contributed by atoms with van der Waals surface area (Å²) < 4.78 is 5.85. The van der Waals surface area contributed by atoms with Gasteiger partial charge in [0.2, 0.25) is 0 Å². The number of ether oxygens (including phenoxy) is 1. The van der Waals surface area contributed by atoms with Crippen LogP contribution in [0.25, 0.3) is 0 Å². The Morgan fingerprint density at radius 1 is 1.19 bits per heavy atom. The minimum atomic E-state index is 0.750. The van der Waals surface area contributed by atoms with Gasteiger partial charge in [-0.1, -0.05) is 12.1 Å². The van der Waals surface area contributed by atoms with Crippen molar-refractivity contribution in [3.8, 4) is 5.75 Å². The molecule has 1 N–H and O–H groups in total. The van der Waals surface area contributed by atoms with Gasteiger partial charge in [-0.25, -0.2) is 0 Å². The van der Waals surface area contributed by atoms with Gasteiger partial charge in [0.15, 0.2) is 0 Å². The smallest absolute Gasteiger partial charge is 0.119 e. The van der Waals surface area contributed by atoms with Crippen molar-refractivity contribution in [2.24, 2.45) is 5.92 Å². The molecule has 116 valence electrons. The van der Waals surface area contributed by atoms with E-state index in [4.69, 9.17) is 4.74 Å². The van der Waals surface area contributed by atoms with Gasteiger partial charge in [-0.3, -0.25) is 4.90 Å². The van der Waals surface area contributed by atoms with E-state index in [0.717, 1.165) is 30.9 Å². The predicted molar refractivity (Wildman–Crippen MR) is 86.9 cm³/mol. The molecule has 1 heterocycles. The summed E-state index contributed by atoms with van der Waals surface area (Å²) in [6, 6.07) is 9.06. The second kappa shape index (κ2) is 7.28. The zero-order valence-electron chi connectivity index (χ0n) is 13.2. The molecule has 1 aromatic carbocycles. The topological polar surface area (TPSA) is 24.5 Å². The van der Waals surface area contributed by atoms with Crippen molar-refractivity contribution < 1.29 is 4.74 Å². The third-order valence-electron chi connectivity index (χ3n) is 4.65. The van der Waals surface area contributed by atoms with Gasteiger partial charge >= 0.3 is 0 Å². The number of hydrogen-bond donors (Lipinski definition) is 1. The van der Waals surface area contributed by atoms with Crippen LogP contribution in [-0.2, 0) is 0 Å². The van der Waals surface area contributed by atoms with E-state index in [0.29, 0.717) is 0 Å². The molecule has 1 aromatic rings. The summed E-state index contributed by atoms with van der Waals surface area (Å²) >= 11 is 0. The van der Waals surface area contributed by atoms with E-state index in [1.807, 2.05) is 6.07 Å². The normalized spacial score (nSPS) is 20.6. The standard InChI is InChI=1S/C18H28N2O/c1-15-3-2-4-18(13-15)21-12-11-20-9-7-17(8-10-20)19-14-16-5-6-16/h2-4,13,16-17,19H,5-12,14H2,1H3. The van der Waals surface area contributed by atoms with Gasteiger partial charge in [0.05, 0.1) is 0 Å². The molecule has 0 bridgehead atoms. The van der Waals surface area contributed by atoms with E-state index in [9.17, 15) is 0 Å². The molecular formula is C18H28N2O. The third kappa shape index (κ3) is 5.01. The molecule has 2 fully saturated rings. The van der Waals surface area contributed by atoms with Gasteiger partial charge in [0, 0.05) is 12.6 Å². The van der Waals surface area contributed by atoms with Crippen molar-refractivity contribution in [1.82, 2.24) is 10.2 Å². The quantitative estimate of drug-likeness (QED) is 0.835. The molecule has 2 aliphatic rings. The van der Waals surface area contributed by atoms with Crippen LogP contribution in [0.2, 0.25) is 0 Å². The fourth-order valence-electron chi connectivity index (χ4n) is 3.01. The highest BCUT2D eigenvalue weighted by molar-refractivity contribution is 5.27. The van der Waals surface area contributed by atoms with Gasteiger partial charge in [0.1, 0.15) is 12.4 Å². The molecule has 1 saturated carbocycles. The maximum atomic E-state index is 5.85. The van der Waals surface area contributed by atoms with Crippen LogP contribution in [0.4, 0.5) is 0 Å². The fourth-order valence-corrected chi connectivity index (χ4v) is 3.01. The summed E-state index contributed by atoms with van der Waals surface area (Å²) in [6.07, 6.45) is 5.47. The van der Waals surface area contributed by atoms with Gasteiger partial charge in [-0.15, -0.1) is 0 Å². The predicted octanol–water partition coefficient (Wildman–Crippen LogP) is 2.84. The number of aryl methyl sites for hydroxylation is 1. The third-order valence-corrected chi connectivity index (χ3v) is 4.65. The van der Waals surface area contributed by atoms with Crippen molar-refractivity contribution in [2.45, 2.75) is 38.6 Å². The van der Waals surface area contributed by atoms with Crippen LogP contribution in [0.1, 0.15) is 31.2 Å². The minimum absolute atomic E-state index is 0.750. The number of piperidine rings is 1. The minimum Gasteiger partial charge on any atom is -0.492 e. The molecule has 1 aliphatic carbocycles. The Morgan fingerprint density at radius 3 is 2.71 bits per heavy atom. The number of rotatable bonds is 7. The maximum Gasteiger partial charge on any atom is 0.119 e. The highest BCUT2D eigenvalue weighted by Crippen LogP contribution is 2.28. The Balaban J connectivity index is 1.30. The Kier molecular flexibility index (Phi) is 5.15. The number of benzene rings is 1. The van der Waals surface area contributed by atoms with E-state index in [-0.39, 0.29) is 0 Å². The largest absolute Gasteiger partial charge is 0.492 e. The molecule has 1 saturated heterocycles. The van der Waals surface area contributed by atoms with Crippen LogP contribution in [0.5, 0.6) is 5.75 Å². The molecule has 3 rings (SSSR count). The number of nitrogens with one attached hydrogen (secondary N) is 1. The van der Waals surface area contributed by atoms with Crippen molar-refractivity contribution >= 4 is 0 Å². The molecule has 0 amide bonds. The van der Waals surface area contributed by atoms with Gasteiger partial charge in [-0.05, 0) is 75.9 Å². The summed E-state index contributed by atoms with van der Waals surface area (Å²) in [4.78, 5) is 2.53. The lowest BCUT2D eigenvalue weighted by Crippen LogP contribution is -2.44. The number of likely N-dealkylation sites (tertiary alicyclic amines) is 1. The molecule has 0 radical (unpaired) electrons. The molecule has 1 aliphatic heterocycles. The first-order valence-electron chi connectivity index (χ1n) is 8.45. The summed E-state index contributed by atoms with van der Waals surface area (Å²) in [5.41, 5.74) is 1.26. The first kappa shape index (κ1) is 14.9. The molecule has 21 heavy (non-hydrogen) atoms. The van der Waals surface area contributed by atoms with Crippen LogP contribution in [0, 0.1) is 12.8 Å². The maximum absolute atomic E-state index is 5.85. The van der Waals surface area contributed by atoms with Crippen LogP contribution in [0.3, 0.4) is 0 Å². The lowest BCUT2D eigenvalue weighted by atomic mass is 10.0. The molecule has 3 heteroatoms. The monoisotopic (exact) mass is 288 g/mol. The fraction of sp³-hybridized carbons (Fsp3) is 0.667. The SMILES string of the molecule is Cc1cccc(OCCN2CCC(NCC3CC3)CC2)c1. The second-order valence-electron chi connectivity index (χ2n) is 6.63. The zero-order chi connectivity index (χ0) is 14.5. The Bertz CT molecular complexity index is 437. The van der Waals surface area contributed by atoms with Crippen LogP contribution in [-0.4, -0.2) is 43.7 Å². The highest BCUT2D eigenvalue weighted by Gasteiger charge is 2.24. The second-order valence-corrected chi connectivity index (χ2v) is 6.63. The Morgan fingerprint density at radius 2 is 2.00 bits per heavy atom. The van der Waals surface area contributed by atoms with E-state index < -0.39 is 0 Å². The lowest BCUT2D eigenvalue weighted by Gasteiger charge is -2.32. The van der Waals surface area contributed by atoms with E-state index in [1.54, 1.807) is 0 Å². The van der Waals surface area contributed by atoms with Crippen molar-refractivity contribution in [2.75, 3.05) is 32.8 Å². The summed E-state index contributed by atoms with van der Waals surface area (Å²) in [5.74, 6) is 1.99. The molecule has 3 nitrogen and oxygen atoms in total.